The lowest BCUT2D eigenvalue weighted by Crippen LogP contribution is -2.79. The topological polar surface area (TPSA) is 9.72 Å². The van der Waals surface area contributed by atoms with Crippen LogP contribution < -0.4 is 0 Å². The molecule has 6 rings (SSSR count). The Bertz CT molecular complexity index is 747. The van der Waals surface area contributed by atoms with Crippen molar-refractivity contribution in [3.63, 3.8) is 0 Å². The molecule has 0 spiro atoms. The number of benzene rings is 2. The van der Waals surface area contributed by atoms with E-state index in [1.54, 1.807) is 0 Å². The lowest BCUT2D eigenvalue weighted by molar-refractivity contribution is -0.974. The van der Waals surface area contributed by atoms with Gasteiger partial charge in [-0.2, -0.15) is 0 Å². The smallest absolute Gasteiger partial charge is 0.139 e. The number of hydrogen-bond acceptors (Lipinski definition) is 3. The van der Waals surface area contributed by atoms with Gasteiger partial charge in [-0.05, 0) is 22.4 Å². The highest BCUT2D eigenvalue weighted by atomic mass is 15.7. The molecule has 4 bridgehead atoms. The van der Waals surface area contributed by atoms with E-state index >= 15 is 0 Å². The van der Waals surface area contributed by atoms with Crippen molar-refractivity contribution in [3.8, 4) is 0 Å². The Kier molecular flexibility index (Phi) is 2.91. The van der Waals surface area contributed by atoms with E-state index in [4.69, 9.17) is 0 Å². The molecule has 4 saturated heterocycles. The molecule has 118 valence electrons. The summed E-state index contributed by atoms with van der Waals surface area (Å²) in [7, 11) is 0. The van der Waals surface area contributed by atoms with Crippen LogP contribution in [-0.4, -0.2) is 65.7 Å². The Morgan fingerprint density at radius 2 is 1.48 bits per heavy atom. The maximum atomic E-state index is 4.44. The summed E-state index contributed by atoms with van der Waals surface area (Å²) in [6.45, 7) is 12.4. The van der Waals surface area contributed by atoms with Crippen LogP contribution in [0.5, 0.6) is 0 Å². The molecule has 4 aliphatic heterocycles. The molecule has 0 unspecified atom stereocenters. The maximum Gasteiger partial charge on any atom is 0.139 e. The minimum absolute atomic E-state index is 1.04. The summed E-state index contributed by atoms with van der Waals surface area (Å²) >= 11 is 0. The van der Waals surface area contributed by atoms with Gasteiger partial charge < -0.3 is 0 Å². The fourth-order valence-electron chi connectivity index (χ4n) is 4.71. The highest BCUT2D eigenvalue weighted by molar-refractivity contribution is 5.86. The molecule has 4 nitrogen and oxygen atoms in total. The minimum atomic E-state index is 1.04. The molecule has 4 aliphatic rings. The first-order chi connectivity index (χ1) is 11.2. The molecular weight excluding hydrogens is 284 g/mol. The summed E-state index contributed by atoms with van der Waals surface area (Å²) in [6, 6.07) is 15.3. The molecule has 0 aliphatic carbocycles. The summed E-state index contributed by atoms with van der Waals surface area (Å²) in [5.41, 5.74) is 2.55. The van der Waals surface area contributed by atoms with Crippen molar-refractivity contribution in [2.75, 3.05) is 46.6 Å². The van der Waals surface area contributed by atoms with Crippen LogP contribution in [0.1, 0.15) is 5.56 Å². The van der Waals surface area contributed by atoms with Crippen molar-refractivity contribution in [2.45, 2.75) is 0 Å². The van der Waals surface area contributed by atoms with E-state index in [2.05, 4.69) is 63.7 Å². The van der Waals surface area contributed by atoms with E-state index in [0.29, 0.717) is 0 Å². The summed E-state index contributed by atoms with van der Waals surface area (Å²) in [6.07, 6.45) is 0. The van der Waals surface area contributed by atoms with Gasteiger partial charge in [0.1, 0.15) is 26.6 Å². The van der Waals surface area contributed by atoms with Crippen molar-refractivity contribution in [1.82, 2.24) is 14.7 Å². The van der Waals surface area contributed by atoms with E-state index in [0.717, 1.165) is 31.0 Å². The fourth-order valence-corrected chi connectivity index (χ4v) is 4.71. The zero-order chi connectivity index (χ0) is 15.4. The molecule has 0 atom stereocenters. The molecule has 0 aromatic heterocycles. The SMILES string of the molecule is C=C(C[N+]12CN3CN(CN(C3)C1)C2)c1ccc2ccccc2c1. The van der Waals surface area contributed by atoms with Crippen LogP contribution in [0.15, 0.2) is 49.0 Å². The molecule has 4 fully saturated rings. The Hall–Kier alpha value is -1.72. The maximum absolute atomic E-state index is 4.44. The van der Waals surface area contributed by atoms with Crippen LogP contribution in [0, 0.1) is 0 Å². The average molecular weight is 307 g/mol. The summed E-state index contributed by atoms with van der Waals surface area (Å²) in [4.78, 5) is 7.68. The minimum Gasteiger partial charge on any atom is -0.282 e. The van der Waals surface area contributed by atoms with Crippen LogP contribution in [0.3, 0.4) is 0 Å². The van der Waals surface area contributed by atoms with Crippen LogP contribution >= 0.6 is 0 Å². The molecule has 4 heterocycles. The van der Waals surface area contributed by atoms with Gasteiger partial charge in [0, 0.05) is 5.57 Å². The highest BCUT2D eigenvalue weighted by Crippen LogP contribution is 2.31. The molecule has 4 heteroatoms. The monoisotopic (exact) mass is 307 g/mol. The second kappa shape index (κ2) is 4.89. The largest absolute Gasteiger partial charge is 0.282 e. The standard InChI is InChI=1S/C19H23N4/c1-16(18-7-6-17-4-2-3-5-19(17)8-18)9-23-13-20-10-21(14-23)12-22(11-20)15-23/h2-8H,1,9-15H2/q+1. The van der Waals surface area contributed by atoms with Gasteiger partial charge in [-0.3, -0.25) is 4.48 Å². The summed E-state index contributed by atoms with van der Waals surface area (Å²) < 4.78 is 1.12. The molecule has 0 radical (unpaired) electrons. The van der Waals surface area contributed by atoms with E-state index < -0.39 is 0 Å². The molecule has 0 saturated carbocycles. The molecule has 0 amide bonds. The van der Waals surface area contributed by atoms with Crippen molar-refractivity contribution in [2.24, 2.45) is 0 Å². The Balaban J connectivity index is 1.42. The van der Waals surface area contributed by atoms with E-state index in [9.17, 15) is 0 Å². The second-order valence-corrected chi connectivity index (χ2v) is 7.53. The molecule has 0 N–H and O–H groups in total. The van der Waals surface area contributed by atoms with Gasteiger partial charge in [0.25, 0.3) is 0 Å². The Morgan fingerprint density at radius 1 is 0.870 bits per heavy atom. The van der Waals surface area contributed by atoms with Gasteiger partial charge in [0.05, 0.1) is 20.0 Å². The van der Waals surface area contributed by atoms with Crippen LogP contribution in [0.25, 0.3) is 16.3 Å². The molecule has 2 aromatic rings. The third-order valence-electron chi connectivity index (χ3n) is 5.38. The first-order valence-electron chi connectivity index (χ1n) is 8.38. The van der Waals surface area contributed by atoms with Crippen LogP contribution in [-0.2, 0) is 0 Å². The third kappa shape index (κ3) is 2.30. The van der Waals surface area contributed by atoms with E-state index in [1.807, 2.05) is 0 Å². The zero-order valence-corrected chi connectivity index (χ0v) is 13.5. The van der Waals surface area contributed by atoms with Crippen molar-refractivity contribution in [1.29, 1.82) is 0 Å². The predicted molar refractivity (Wildman–Crippen MR) is 92.8 cm³/mol. The van der Waals surface area contributed by atoms with Gasteiger partial charge in [-0.1, -0.05) is 43.0 Å². The number of fused-ring (bicyclic) bond motifs is 1. The second-order valence-electron chi connectivity index (χ2n) is 7.53. The number of rotatable bonds is 3. The van der Waals surface area contributed by atoms with Gasteiger partial charge in [-0.25, -0.2) is 14.7 Å². The number of hydrogen-bond donors (Lipinski definition) is 0. The summed E-state index contributed by atoms with van der Waals surface area (Å²) in [5, 5.41) is 2.61. The average Bonchev–Trinajstić information content (AvgIpc) is 2.52. The number of quaternary nitrogens is 1. The lowest BCUT2D eigenvalue weighted by Gasteiger charge is -2.60. The Labute approximate surface area is 137 Å². The quantitative estimate of drug-likeness (QED) is 0.806. The molecule has 23 heavy (non-hydrogen) atoms. The van der Waals surface area contributed by atoms with Gasteiger partial charge in [0.15, 0.2) is 0 Å². The molecular formula is C19H23N4+. The van der Waals surface area contributed by atoms with Gasteiger partial charge in [-0.15, -0.1) is 0 Å². The van der Waals surface area contributed by atoms with E-state index in [-0.39, 0.29) is 0 Å². The lowest BCUT2D eigenvalue weighted by atomic mass is 10.0. The van der Waals surface area contributed by atoms with Crippen LogP contribution in [0.2, 0.25) is 0 Å². The van der Waals surface area contributed by atoms with Crippen molar-refractivity contribution < 1.29 is 4.48 Å². The fraction of sp³-hybridized carbons (Fsp3) is 0.368. The van der Waals surface area contributed by atoms with Gasteiger partial charge >= 0.3 is 0 Å². The molecule has 2 aromatic carbocycles. The first kappa shape index (κ1) is 13.7. The van der Waals surface area contributed by atoms with Crippen LogP contribution in [0.4, 0.5) is 0 Å². The van der Waals surface area contributed by atoms with Gasteiger partial charge in [0.2, 0.25) is 0 Å². The van der Waals surface area contributed by atoms with Crippen molar-refractivity contribution in [3.05, 3.63) is 54.6 Å². The van der Waals surface area contributed by atoms with E-state index in [1.165, 1.54) is 41.9 Å². The number of nitrogens with zero attached hydrogens (tertiary/aromatic N) is 4. The normalized spacial score (nSPS) is 34.9. The Morgan fingerprint density at radius 3 is 2.13 bits per heavy atom. The predicted octanol–water partition coefficient (Wildman–Crippen LogP) is 2.36. The highest BCUT2D eigenvalue weighted by Gasteiger charge is 2.48. The first-order valence-corrected chi connectivity index (χ1v) is 8.38. The van der Waals surface area contributed by atoms with Crippen molar-refractivity contribution >= 4 is 16.3 Å². The summed E-state index contributed by atoms with van der Waals surface area (Å²) in [5.74, 6) is 0. The zero-order valence-electron chi connectivity index (χ0n) is 13.5. The third-order valence-corrected chi connectivity index (χ3v) is 5.38.